The minimum Gasteiger partial charge on any atom is -0.464 e. The highest BCUT2D eigenvalue weighted by molar-refractivity contribution is 9.10. The van der Waals surface area contributed by atoms with E-state index in [9.17, 15) is 4.79 Å². The highest BCUT2D eigenvalue weighted by Gasteiger charge is 2.18. The number of piperazine rings is 1. The van der Waals surface area contributed by atoms with Gasteiger partial charge < -0.3 is 14.5 Å². The van der Waals surface area contributed by atoms with Crippen LogP contribution in [0, 0.1) is 0 Å². The Morgan fingerprint density at radius 3 is 2.79 bits per heavy atom. The fraction of sp³-hybridized carbons (Fsp3) is 0.467. The number of rotatable bonds is 4. The zero-order valence-corrected chi connectivity index (χ0v) is 15.2. The lowest BCUT2D eigenvalue weighted by atomic mass is 10.3. The van der Waals surface area contributed by atoms with Crippen LogP contribution in [0.4, 0.5) is 5.95 Å². The Kier molecular flexibility index (Phi) is 5.10. The van der Waals surface area contributed by atoms with Crippen LogP contribution in [0.1, 0.15) is 16.2 Å². The summed E-state index contributed by atoms with van der Waals surface area (Å²) in [5, 5.41) is 4.24. The maximum Gasteiger partial charge on any atom is 0.359 e. The zero-order valence-electron chi connectivity index (χ0n) is 13.6. The fourth-order valence-corrected chi connectivity index (χ4v) is 2.99. The third-order valence-electron chi connectivity index (χ3n) is 3.91. The molecule has 0 aliphatic carbocycles. The van der Waals surface area contributed by atoms with Gasteiger partial charge in [-0.3, -0.25) is 4.68 Å². The Balaban J connectivity index is 1.74. The number of carbonyl (C=O) groups excluding carboxylic acids is 1. The average molecular weight is 395 g/mol. The van der Waals surface area contributed by atoms with Crippen molar-refractivity contribution in [3.05, 3.63) is 34.3 Å². The summed E-state index contributed by atoms with van der Waals surface area (Å²) in [5.74, 6) is 0.265. The molecule has 2 aromatic heterocycles. The minimum absolute atomic E-state index is 0.255. The molecule has 1 aliphatic heterocycles. The Hall–Kier alpha value is -2.00. The van der Waals surface area contributed by atoms with Crippen molar-refractivity contribution in [3.8, 4) is 0 Å². The molecule has 3 heterocycles. The third kappa shape index (κ3) is 3.73. The molecule has 0 spiro atoms. The van der Waals surface area contributed by atoms with E-state index >= 15 is 0 Å². The molecule has 0 atom stereocenters. The number of esters is 1. The quantitative estimate of drug-likeness (QED) is 0.716. The second-order valence-corrected chi connectivity index (χ2v) is 6.51. The maximum absolute atomic E-state index is 11.6. The predicted molar refractivity (Wildman–Crippen MR) is 92.1 cm³/mol. The molecule has 0 unspecified atom stereocenters. The molecule has 2 aromatic rings. The van der Waals surface area contributed by atoms with Gasteiger partial charge in [0.05, 0.1) is 23.8 Å². The minimum atomic E-state index is -0.471. The molecule has 1 fully saturated rings. The Morgan fingerprint density at radius 2 is 2.08 bits per heavy atom. The lowest BCUT2D eigenvalue weighted by molar-refractivity contribution is 0.0592. The van der Waals surface area contributed by atoms with Crippen molar-refractivity contribution in [2.45, 2.75) is 6.54 Å². The summed E-state index contributed by atoms with van der Waals surface area (Å²) >= 11 is 3.32. The van der Waals surface area contributed by atoms with Crippen LogP contribution in [0.2, 0.25) is 0 Å². The standard InChI is InChI=1S/C15H19BrN6O2/c1-20-5-7-21(8-6-20)15-17-4-3-11(18-15)9-22-10-12(16)13(19-22)14(23)24-2/h3-4,10H,5-9H2,1-2H3. The van der Waals surface area contributed by atoms with Gasteiger partial charge in [0.2, 0.25) is 5.95 Å². The second kappa shape index (κ2) is 7.27. The number of nitrogens with zero attached hydrogens (tertiary/aromatic N) is 6. The van der Waals surface area contributed by atoms with E-state index in [-0.39, 0.29) is 5.69 Å². The van der Waals surface area contributed by atoms with Gasteiger partial charge >= 0.3 is 5.97 Å². The Morgan fingerprint density at radius 1 is 1.33 bits per heavy atom. The second-order valence-electron chi connectivity index (χ2n) is 5.65. The normalized spacial score (nSPS) is 15.5. The van der Waals surface area contributed by atoms with E-state index in [1.54, 1.807) is 17.1 Å². The smallest absolute Gasteiger partial charge is 0.359 e. The summed E-state index contributed by atoms with van der Waals surface area (Å²) in [7, 11) is 3.45. The summed E-state index contributed by atoms with van der Waals surface area (Å²) in [4.78, 5) is 25.1. The number of likely N-dealkylation sites (N-methyl/N-ethyl adjacent to an activating group) is 1. The lowest BCUT2D eigenvalue weighted by Crippen LogP contribution is -2.45. The van der Waals surface area contributed by atoms with Crippen molar-refractivity contribution in [2.75, 3.05) is 45.2 Å². The van der Waals surface area contributed by atoms with E-state index in [2.05, 4.69) is 47.8 Å². The van der Waals surface area contributed by atoms with E-state index in [1.165, 1.54) is 7.11 Å². The van der Waals surface area contributed by atoms with E-state index in [1.807, 2.05) is 6.07 Å². The fourth-order valence-electron chi connectivity index (χ4n) is 2.51. The van der Waals surface area contributed by atoms with Crippen LogP contribution in [0.15, 0.2) is 22.9 Å². The number of hydrogen-bond donors (Lipinski definition) is 0. The molecule has 0 radical (unpaired) electrons. The summed E-state index contributed by atoms with van der Waals surface area (Å²) in [6.45, 7) is 4.29. The third-order valence-corrected chi connectivity index (χ3v) is 4.49. The molecule has 9 heteroatoms. The first-order valence-corrected chi connectivity index (χ1v) is 8.43. The van der Waals surface area contributed by atoms with E-state index < -0.39 is 5.97 Å². The van der Waals surface area contributed by atoms with Crippen LogP contribution in [-0.4, -0.2) is 71.0 Å². The summed E-state index contributed by atoms with van der Waals surface area (Å²) in [5.41, 5.74) is 1.09. The van der Waals surface area contributed by atoms with Gasteiger partial charge in [0.25, 0.3) is 0 Å². The molecular weight excluding hydrogens is 376 g/mol. The van der Waals surface area contributed by atoms with Gasteiger partial charge in [0, 0.05) is 38.6 Å². The summed E-state index contributed by atoms with van der Waals surface area (Å²) in [6.07, 6.45) is 3.50. The summed E-state index contributed by atoms with van der Waals surface area (Å²) < 4.78 is 6.97. The molecule has 128 valence electrons. The van der Waals surface area contributed by atoms with Crippen molar-refractivity contribution in [1.29, 1.82) is 0 Å². The van der Waals surface area contributed by atoms with Crippen LogP contribution < -0.4 is 4.90 Å². The Bertz CT molecular complexity index is 727. The number of methoxy groups -OCH3 is 1. The summed E-state index contributed by atoms with van der Waals surface area (Å²) in [6, 6.07) is 1.85. The number of halogens is 1. The predicted octanol–water partition coefficient (Wildman–Crippen LogP) is 1.02. The van der Waals surface area contributed by atoms with Gasteiger partial charge in [-0.05, 0) is 29.0 Å². The zero-order chi connectivity index (χ0) is 17.1. The first kappa shape index (κ1) is 16.8. The van der Waals surface area contributed by atoms with Crippen LogP contribution in [0.3, 0.4) is 0 Å². The molecule has 8 nitrogen and oxygen atoms in total. The molecule has 0 N–H and O–H groups in total. The average Bonchev–Trinajstić information content (AvgIpc) is 2.95. The molecule has 0 bridgehead atoms. The van der Waals surface area contributed by atoms with E-state index in [0.717, 1.165) is 37.8 Å². The van der Waals surface area contributed by atoms with Gasteiger partial charge in [0.15, 0.2) is 5.69 Å². The van der Waals surface area contributed by atoms with Crippen molar-refractivity contribution in [2.24, 2.45) is 0 Å². The van der Waals surface area contributed by atoms with Gasteiger partial charge in [-0.1, -0.05) is 0 Å². The van der Waals surface area contributed by atoms with Crippen molar-refractivity contribution in [3.63, 3.8) is 0 Å². The number of hydrogen-bond acceptors (Lipinski definition) is 7. The van der Waals surface area contributed by atoms with Crippen LogP contribution in [0.25, 0.3) is 0 Å². The van der Waals surface area contributed by atoms with Crippen LogP contribution in [-0.2, 0) is 11.3 Å². The molecule has 3 rings (SSSR count). The topological polar surface area (TPSA) is 76.4 Å². The first-order chi connectivity index (χ1) is 11.6. The SMILES string of the molecule is COC(=O)c1nn(Cc2ccnc(N3CCN(C)CC3)n2)cc1Br. The highest BCUT2D eigenvalue weighted by atomic mass is 79.9. The molecule has 1 aliphatic rings. The van der Waals surface area contributed by atoms with E-state index in [0.29, 0.717) is 11.0 Å². The van der Waals surface area contributed by atoms with Gasteiger partial charge in [-0.25, -0.2) is 14.8 Å². The number of aromatic nitrogens is 4. The van der Waals surface area contributed by atoms with Crippen LogP contribution in [0.5, 0.6) is 0 Å². The van der Waals surface area contributed by atoms with E-state index in [4.69, 9.17) is 4.74 Å². The molecule has 0 amide bonds. The van der Waals surface area contributed by atoms with Crippen LogP contribution >= 0.6 is 15.9 Å². The lowest BCUT2D eigenvalue weighted by Gasteiger charge is -2.32. The maximum atomic E-state index is 11.6. The Labute approximate surface area is 148 Å². The molecular formula is C15H19BrN6O2. The van der Waals surface area contributed by atoms with Crippen molar-refractivity contribution < 1.29 is 9.53 Å². The monoisotopic (exact) mass is 394 g/mol. The van der Waals surface area contributed by atoms with Gasteiger partial charge in [-0.15, -0.1) is 0 Å². The van der Waals surface area contributed by atoms with Crippen molar-refractivity contribution in [1.82, 2.24) is 24.6 Å². The van der Waals surface area contributed by atoms with Crippen molar-refractivity contribution >= 4 is 27.8 Å². The number of carbonyl (C=O) groups is 1. The van der Waals surface area contributed by atoms with Gasteiger partial charge in [-0.2, -0.15) is 5.10 Å². The molecule has 1 saturated heterocycles. The molecule has 0 aromatic carbocycles. The number of anilines is 1. The molecule has 24 heavy (non-hydrogen) atoms. The largest absolute Gasteiger partial charge is 0.464 e. The molecule has 0 saturated carbocycles. The highest BCUT2D eigenvalue weighted by Crippen LogP contribution is 2.17. The number of ether oxygens (including phenoxy) is 1. The first-order valence-electron chi connectivity index (χ1n) is 7.63. The van der Waals surface area contributed by atoms with Gasteiger partial charge in [0.1, 0.15) is 0 Å².